The van der Waals surface area contributed by atoms with Crippen molar-refractivity contribution in [2.24, 2.45) is 5.92 Å². The number of carboxylic acid groups (broad SMARTS) is 1. The van der Waals surface area contributed by atoms with Crippen LogP contribution in [-0.4, -0.2) is 33.5 Å². The van der Waals surface area contributed by atoms with E-state index in [1.165, 1.54) is 24.6 Å². The van der Waals surface area contributed by atoms with Gasteiger partial charge in [0.05, 0.1) is 18.4 Å². The van der Waals surface area contributed by atoms with E-state index in [0.29, 0.717) is 5.92 Å². The summed E-state index contributed by atoms with van der Waals surface area (Å²) < 4.78 is 7.47. The number of nitrogens with zero attached hydrogens (tertiary/aromatic N) is 2. The normalized spacial score (nSPS) is 14.7. The lowest BCUT2D eigenvalue weighted by molar-refractivity contribution is -0.133. The monoisotopic (exact) mass is 292 g/mol. The number of aliphatic carboxylic acids is 1. The highest BCUT2D eigenvalue weighted by atomic mass is 32.2. The molecule has 0 radical (unpaired) electrons. The van der Waals surface area contributed by atoms with E-state index in [1.807, 2.05) is 18.2 Å². The zero-order chi connectivity index (χ0) is 14.1. The molecule has 1 fully saturated rings. The molecule has 5 nitrogen and oxygen atoms in total. The van der Waals surface area contributed by atoms with Gasteiger partial charge in [-0.05, 0) is 30.9 Å². The standard InChI is InChI=1S/C14H16N2O3S/c1-19-11-4-2-3-10-13(11)15-14(20-8-12(17)18)16(10)7-9-5-6-9/h2-4,9H,5-8H2,1H3,(H,17,18). The minimum Gasteiger partial charge on any atom is -0.494 e. The SMILES string of the molecule is COc1cccc2c1nc(SCC(=O)O)n2CC1CC1. The molecular formula is C14H16N2O3S. The summed E-state index contributed by atoms with van der Waals surface area (Å²) in [5.74, 6) is 0.625. The van der Waals surface area contributed by atoms with E-state index < -0.39 is 5.97 Å². The maximum absolute atomic E-state index is 10.8. The third-order valence-electron chi connectivity index (χ3n) is 3.39. The number of para-hydroxylation sites is 1. The second kappa shape index (κ2) is 5.36. The van der Waals surface area contributed by atoms with E-state index in [9.17, 15) is 4.79 Å². The molecular weight excluding hydrogens is 276 g/mol. The molecule has 1 aromatic heterocycles. The summed E-state index contributed by atoms with van der Waals surface area (Å²) in [7, 11) is 1.62. The van der Waals surface area contributed by atoms with Crippen LogP contribution in [0.1, 0.15) is 12.8 Å². The average molecular weight is 292 g/mol. The molecule has 1 aliphatic rings. The van der Waals surface area contributed by atoms with E-state index >= 15 is 0 Å². The van der Waals surface area contributed by atoms with Crippen LogP contribution in [0.25, 0.3) is 11.0 Å². The lowest BCUT2D eigenvalue weighted by atomic mass is 10.3. The Morgan fingerprint density at radius 3 is 3.00 bits per heavy atom. The molecule has 1 saturated carbocycles. The Morgan fingerprint density at radius 1 is 1.55 bits per heavy atom. The van der Waals surface area contributed by atoms with Gasteiger partial charge in [-0.1, -0.05) is 17.8 Å². The van der Waals surface area contributed by atoms with Gasteiger partial charge in [-0.25, -0.2) is 4.98 Å². The number of rotatable bonds is 6. The largest absolute Gasteiger partial charge is 0.494 e. The van der Waals surface area contributed by atoms with Gasteiger partial charge in [0.1, 0.15) is 11.3 Å². The molecule has 0 aliphatic heterocycles. The molecule has 0 atom stereocenters. The Kier molecular flexibility index (Phi) is 3.56. The molecule has 20 heavy (non-hydrogen) atoms. The number of carboxylic acids is 1. The fourth-order valence-corrected chi connectivity index (χ4v) is 2.97. The Hall–Kier alpha value is -1.69. The van der Waals surface area contributed by atoms with E-state index in [2.05, 4.69) is 9.55 Å². The van der Waals surface area contributed by atoms with Crippen LogP contribution in [0.2, 0.25) is 0 Å². The molecule has 0 bridgehead atoms. The average Bonchev–Trinajstić information content (AvgIpc) is 3.18. The molecule has 0 spiro atoms. The zero-order valence-electron chi connectivity index (χ0n) is 11.2. The molecule has 106 valence electrons. The molecule has 1 N–H and O–H groups in total. The smallest absolute Gasteiger partial charge is 0.313 e. The minimum absolute atomic E-state index is 0.0241. The van der Waals surface area contributed by atoms with E-state index in [1.54, 1.807) is 7.11 Å². The van der Waals surface area contributed by atoms with Gasteiger partial charge >= 0.3 is 5.97 Å². The first kappa shape index (κ1) is 13.3. The summed E-state index contributed by atoms with van der Waals surface area (Å²) in [4.78, 5) is 15.3. The summed E-state index contributed by atoms with van der Waals surface area (Å²) in [5.41, 5.74) is 1.83. The van der Waals surface area contributed by atoms with Crippen molar-refractivity contribution in [2.75, 3.05) is 12.9 Å². The second-order valence-corrected chi connectivity index (χ2v) is 5.90. The minimum atomic E-state index is -0.827. The summed E-state index contributed by atoms with van der Waals surface area (Å²) in [6.45, 7) is 0.908. The Labute approximate surface area is 120 Å². The second-order valence-electron chi connectivity index (χ2n) is 4.96. The van der Waals surface area contributed by atoms with E-state index in [4.69, 9.17) is 9.84 Å². The highest BCUT2D eigenvalue weighted by Gasteiger charge is 2.25. The zero-order valence-corrected chi connectivity index (χ0v) is 12.0. The van der Waals surface area contributed by atoms with Crippen molar-refractivity contribution in [1.29, 1.82) is 0 Å². The van der Waals surface area contributed by atoms with Gasteiger partial charge in [-0.3, -0.25) is 4.79 Å². The topological polar surface area (TPSA) is 64.3 Å². The van der Waals surface area contributed by atoms with Crippen molar-refractivity contribution >= 4 is 28.8 Å². The summed E-state index contributed by atoms with van der Waals surface area (Å²) in [6.07, 6.45) is 2.49. The van der Waals surface area contributed by atoms with Crippen LogP contribution in [0.5, 0.6) is 5.75 Å². The van der Waals surface area contributed by atoms with Crippen LogP contribution in [0, 0.1) is 5.92 Å². The number of aromatic nitrogens is 2. The van der Waals surface area contributed by atoms with Crippen LogP contribution in [0.15, 0.2) is 23.4 Å². The Balaban J connectivity index is 2.03. The van der Waals surface area contributed by atoms with Gasteiger partial charge in [0.25, 0.3) is 0 Å². The maximum atomic E-state index is 10.8. The first-order chi connectivity index (χ1) is 9.69. The van der Waals surface area contributed by atoms with Crippen LogP contribution in [0.4, 0.5) is 0 Å². The van der Waals surface area contributed by atoms with Crippen molar-refractivity contribution in [2.45, 2.75) is 24.5 Å². The van der Waals surface area contributed by atoms with Gasteiger partial charge < -0.3 is 14.4 Å². The first-order valence-electron chi connectivity index (χ1n) is 6.57. The fraction of sp³-hybridized carbons (Fsp3) is 0.429. The van der Waals surface area contributed by atoms with Crippen molar-refractivity contribution in [3.8, 4) is 5.75 Å². The summed E-state index contributed by atoms with van der Waals surface area (Å²) in [6, 6.07) is 5.83. The third kappa shape index (κ3) is 2.60. The van der Waals surface area contributed by atoms with Crippen molar-refractivity contribution in [3.63, 3.8) is 0 Å². The highest BCUT2D eigenvalue weighted by Crippen LogP contribution is 2.36. The number of hydrogen-bond acceptors (Lipinski definition) is 4. The molecule has 1 aromatic carbocycles. The van der Waals surface area contributed by atoms with Crippen molar-refractivity contribution in [1.82, 2.24) is 9.55 Å². The lowest BCUT2D eigenvalue weighted by Crippen LogP contribution is -2.04. The highest BCUT2D eigenvalue weighted by molar-refractivity contribution is 7.99. The number of hydrogen-bond donors (Lipinski definition) is 1. The molecule has 0 amide bonds. The number of carbonyl (C=O) groups is 1. The summed E-state index contributed by atoms with van der Waals surface area (Å²) in [5, 5.41) is 9.62. The molecule has 1 heterocycles. The predicted molar refractivity (Wildman–Crippen MR) is 77.4 cm³/mol. The molecule has 1 aliphatic carbocycles. The maximum Gasteiger partial charge on any atom is 0.313 e. The Bertz CT molecular complexity index is 649. The first-order valence-corrected chi connectivity index (χ1v) is 7.55. The quantitative estimate of drug-likeness (QED) is 0.829. The van der Waals surface area contributed by atoms with Crippen LogP contribution in [-0.2, 0) is 11.3 Å². The van der Waals surface area contributed by atoms with Gasteiger partial charge in [0, 0.05) is 6.54 Å². The van der Waals surface area contributed by atoms with E-state index in [-0.39, 0.29) is 5.75 Å². The molecule has 2 aromatic rings. The van der Waals surface area contributed by atoms with Gasteiger partial charge in [-0.2, -0.15) is 0 Å². The predicted octanol–water partition coefficient (Wildman–Crippen LogP) is 2.63. The number of ether oxygens (including phenoxy) is 1. The number of methoxy groups -OCH3 is 1. The molecule has 6 heteroatoms. The third-order valence-corrected chi connectivity index (χ3v) is 4.35. The fourth-order valence-electron chi connectivity index (χ4n) is 2.24. The number of imidazole rings is 1. The molecule has 0 unspecified atom stereocenters. The van der Waals surface area contributed by atoms with Crippen molar-refractivity contribution < 1.29 is 14.6 Å². The molecule has 0 saturated heterocycles. The number of thioether (sulfide) groups is 1. The van der Waals surface area contributed by atoms with Crippen LogP contribution < -0.4 is 4.74 Å². The number of benzene rings is 1. The number of fused-ring (bicyclic) bond motifs is 1. The summed E-state index contributed by atoms with van der Waals surface area (Å²) >= 11 is 1.27. The lowest BCUT2D eigenvalue weighted by Gasteiger charge is -2.07. The van der Waals surface area contributed by atoms with Crippen molar-refractivity contribution in [3.05, 3.63) is 18.2 Å². The van der Waals surface area contributed by atoms with Crippen LogP contribution >= 0.6 is 11.8 Å². The van der Waals surface area contributed by atoms with Crippen LogP contribution in [0.3, 0.4) is 0 Å². The molecule has 3 rings (SSSR count). The van der Waals surface area contributed by atoms with Gasteiger partial charge in [-0.15, -0.1) is 0 Å². The van der Waals surface area contributed by atoms with E-state index in [0.717, 1.165) is 28.5 Å². The van der Waals surface area contributed by atoms with Gasteiger partial charge in [0.15, 0.2) is 5.16 Å². The Morgan fingerprint density at radius 2 is 2.35 bits per heavy atom. The van der Waals surface area contributed by atoms with Gasteiger partial charge in [0.2, 0.25) is 0 Å².